The van der Waals surface area contributed by atoms with E-state index in [1.165, 1.54) is 19.3 Å². The molecule has 1 unspecified atom stereocenters. The molecule has 4 fully saturated rings. The fourth-order valence-corrected chi connectivity index (χ4v) is 9.49. The first-order chi connectivity index (χ1) is 16.0. The van der Waals surface area contributed by atoms with Crippen molar-refractivity contribution in [2.45, 2.75) is 90.6 Å². The maximum Gasteiger partial charge on any atom is 0.159 e. The van der Waals surface area contributed by atoms with Crippen LogP contribution in [0.4, 0.5) is 0 Å². The van der Waals surface area contributed by atoms with E-state index in [-0.39, 0.29) is 28.4 Å². The predicted molar refractivity (Wildman–Crippen MR) is 134 cm³/mol. The van der Waals surface area contributed by atoms with Gasteiger partial charge in [0.15, 0.2) is 5.78 Å². The van der Waals surface area contributed by atoms with Crippen LogP contribution in [0, 0.1) is 52.8 Å². The van der Waals surface area contributed by atoms with Gasteiger partial charge in [0.1, 0.15) is 11.4 Å². The molecule has 0 bridgehead atoms. The summed E-state index contributed by atoms with van der Waals surface area (Å²) >= 11 is 0. The Morgan fingerprint density at radius 1 is 0.941 bits per heavy atom. The number of ketones is 2. The van der Waals surface area contributed by atoms with Gasteiger partial charge in [0.05, 0.1) is 0 Å². The first kappa shape index (κ1) is 23.8. The highest BCUT2D eigenvalue weighted by Gasteiger charge is 2.63. The average molecular weight is 461 g/mol. The standard InChI is InChI=1S/C31H40O3/c1-6-31(34)17-23-11-12-24-26-14-13-25(20(3)33)29(26,4)16-15-27(24)30(23,5)18-28(31)22-9-7-21(8-10-22)19(2)32/h1,7-10,23-28,34H,11-18H2,2-5H3/t23-,24-,25+,26-,27-,28?,29+,30-,31+/m0/s1. The second kappa shape index (κ2) is 8.06. The molecular weight excluding hydrogens is 420 g/mol. The van der Waals surface area contributed by atoms with Gasteiger partial charge in [-0.3, -0.25) is 9.59 Å². The van der Waals surface area contributed by atoms with Crippen molar-refractivity contribution in [3.63, 3.8) is 0 Å². The van der Waals surface area contributed by atoms with Gasteiger partial charge >= 0.3 is 0 Å². The molecule has 5 rings (SSSR count). The van der Waals surface area contributed by atoms with Gasteiger partial charge in [-0.2, -0.15) is 0 Å². The fourth-order valence-electron chi connectivity index (χ4n) is 9.49. The van der Waals surface area contributed by atoms with Gasteiger partial charge in [0.25, 0.3) is 0 Å². The van der Waals surface area contributed by atoms with Gasteiger partial charge in [-0.1, -0.05) is 44.0 Å². The van der Waals surface area contributed by atoms with Crippen molar-refractivity contribution in [1.82, 2.24) is 0 Å². The molecule has 4 saturated carbocycles. The maximum atomic E-state index is 12.5. The Morgan fingerprint density at radius 3 is 2.24 bits per heavy atom. The van der Waals surface area contributed by atoms with Gasteiger partial charge in [0.2, 0.25) is 0 Å². The van der Waals surface area contributed by atoms with Crippen molar-refractivity contribution in [3.05, 3.63) is 35.4 Å². The fraction of sp³-hybridized carbons (Fsp3) is 0.677. The van der Waals surface area contributed by atoms with Crippen LogP contribution in [0.1, 0.15) is 101 Å². The monoisotopic (exact) mass is 460 g/mol. The number of Topliss-reactive ketones (excluding diaryl/α,β-unsaturated/α-hetero) is 2. The molecule has 182 valence electrons. The lowest BCUT2D eigenvalue weighted by Gasteiger charge is -2.63. The van der Waals surface area contributed by atoms with Crippen LogP contribution < -0.4 is 0 Å². The molecule has 1 aromatic rings. The van der Waals surface area contributed by atoms with Crippen molar-refractivity contribution in [2.24, 2.45) is 40.4 Å². The smallest absolute Gasteiger partial charge is 0.159 e. The lowest BCUT2D eigenvalue weighted by atomic mass is 9.42. The second-order valence-corrected chi connectivity index (χ2v) is 12.6. The Bertz CT molecular complexity index is 1030. The van der Waals surface area contributed by atoms with E-state index in [0.29, 0.717) is 41.4 Å². The Balaban J connectivity index is 1.48. The largest absolute Gasteiger partial charge is 0.377 e. The number of terminal acetylenes is 1. The minimum atomic E-state index is -1.15. The molecule has 9 atom stereocenters. The number of hydrogen-bond donors (Lipinski definition) is 1. The first-order valence-electron chi connectivity index (χ1n) is 13.3. The first-order valence-corrected chi connectivity index (χ1v) is 13.3. The van der Waals surface area contributed by atoms with E-state index in [1.807, 2.05) is 24.3 Å². The van der Waals surface area contributed by atoms with E-state index in [9.17, 15) is 14.7 Å². The summed E-state index contributed by atoms with van der Waals surface area (Å²) in [6, 6.07) is 7.75. The van der Waals surface area contributed by atoms with Crippen LogP contribution in [0.5, 0.6) is 0 Å². The molecule has 4 aliphatic rings. The molecule has 0 aliphatic heterocycles. The Hall–Kier alpha value is -1.92. The number of fused-ring (bicyclic) bond motifs is 5. The number of aliphatic hydroxyl groups is 1. The van der Waals surface area contributed by atoms with Crippen LogP contribution in [0.2, 0.25) is 0 Å². The molecule has 1 aromatic carbocycles. The zero-order chi connectivity index (χ0) is 24.5. The van der Waals surface area contributed by atoms with Crippen LogP contribution in [0.25, 0.3) is 0 Å². The zero-order valence-corrected chi connectivity index (χ0v) is 21.3. The van der Waals surface area contributed by atoms with Crippen molar-refractivity contribution in [1.29, 1.82) is 0 Å². The summed E-state index contributed by atoms with van der Waals surface area (Å²) in [5.41, 5.74) is 0.881. The summed E-state index contributed by atoms with van der Waals surface area (Å²) in [5.74, 6) is 5.70. The third-order valence-corrected chi connectivity index (χ3v) is 11.3. The molecule has 0 saturated heterocycles. The molecule has 3 nitrogen and oxygen atoms in total. The third-order valence-electron chi connectivity index (χ3n) is 11.3. The van der Waals surface area contributed by atoms with Crippen LogP contribution in [0.15, 0.2) is 24.3 Å². The molecule has 0 radical (unpaired) electrons. The molecule has 34 heavy (non-hydrogen) atoms. The molecule has 1 N–H and O–H groups in total. The second-order valence-electron chi connectivity index (χ2n) is 12.6. The SMILES string of the molecule is C#C[C@@]1(O)C[C@@H]2CC[C@@H]3[C@H](CC[C@]4(C)[C@@H](C(C)=O)CC[C@@H]34)[C@@]2(C)CC1c1ccc(C(C)=O)cc1. The van der Waals surface area contributed by atoms with Gasteiger partial charge in [-0.05, 0) is 105 Å². The van der Waals surface area contributed by atoms with Crippen LogP contribution in [0.3, 0.4) is 0 Å². The highest BCUT2D eigenvalue weighted by atomic mass is 16.3. The minimum absolute atomic E-state index is 0.0511. The molecule has 3 heteroatoms. The Labute approximate surface area is 205 Å². The summed E-state index contributed by atoms with van der Waals surface area (Å²) < 4.78 is 0. The van der Waals surface area contributed by atoms with Crippen molar-refractivity contribution >= 4 is 11.6 Å². The molecule has 0 aromatic heterocycles. The average Bonchev–Trinajstić information content (AvgIpc) is 3.17. The number of carbonyl (C=O) groups is 2. The van der Waals surface area contributed by atoms with Crippen LogP contribution in [-0.4, -0.2) is 22.3 Å². The van der Waals surface area contributed by atoms with Crippen molar-refractivity contribution in [2.75, 3.05) is 0 Å². The highest BCUT2D eigenvalue weighted by molar-refractivity contribution is 5.94. The molecule has 0 spiro atoms. The molecule has 0 heterocycles. The van der Waals surface area contributed by atoms with E-state index in [2.05, 4.69) is 19.8 Å². The van der Waals surface area contributed by atoms with Crippen LogP contribution >= 0.6 is 0 Å². The minimum Gasteiger partial charge on any atom is -0.377 e. The molecule has 0 amide bonds. The van der Waals surface area contributed by atoms with E-state index >= 15 is 0 Å². The van der Waals surface area contributed by atoms with E-state index < -0.39 is 5.60 Å². The van der Waals surface area contributed by atoms with E-state index in [4.69, 9.17) is 6.42 Å². The Kier molecular flexibility index (Phi) is 5.64. The number of benzene rings is 1. The van der Waals surface area contributed by atoms with Gasteiger partial charge in [-0.15, -0.1) is 6.42 Å². The van der Waals surface area contributed by atoms with Crippen molar-refractivity contribution < 1.29 is 14.7 Å². The molecule has 4 aliphatic carbocycles. The number of hydrogen-bond acceptors (Lipinski definition) is 3. The quantitative estimate of drug-likeness (QED) is 0.432. The number of carbonyl (C=O) groups excluding carboxylic acids is 2. The predicted octanol–water partition coefficient (Wildman–Crippen LogP) is 6.19. The summed E-state index contributed by atoms with van der Waals surface area (Å²) in [5, 5.41) is 11.7. The Morgan fingerprint density at radius 2 is 1.62 bits per heavy atom. The van der Waals surface area contributed by atoms with Gasteiger partial charge < -0.3 is 5.11 Å². The molecular formula is C31H40O3. The summed E-state index contributed by atoms with van der Waals surface area (Å²) in [6.07, 6.45) is 14.4. The zero-order valence-electron chi connectivity index (χ0n) is 21.3. The van der Waals surface area contributed by atoms with Gasteiger partial charge in [-0.25, -0.2) is 0 Å². The lowest BCUT2D eigenvalue weighted by Crippen LogP contribution is -2.58. The normalized spacial score (nSPS) is 45.4. The maximum absolute atomic E-state index is 12.5. The number of rotatable bonds is 3. The van der Waals surface area contributed by atoms with Crippen LogP contribution in [-0.2, 0) is 4.79 Å². The van der Waals surface area contributed by atoms with E-state index in [1.54, 1.807) is 13.8 Å². The highest BCUT2D eigenvalue weighted by Crippen LogP contribution is 2.69. The summed E-state index contributed by atoms with van der Waals surface area (Å²) in [6.45, 7) is 8.25. The van der Waals surface area contributed by atoms with E-state index in [0.717, 1.165) is 31.2 Å². The topological polar surface area (TPSA) is 54.4 Å². The van der Waals surface area contributed by atoms with Crippen molar-refractivity contribution in [3.8, 4) is 12.3 Å². The third kappa shape index (κ3) is 3.35. The van der Waals surface area contributed by atoms with Gasteiger partial charge in [0, 0.05) is 17.4 Å². The summed E-state index contributed by atoms with van der Waals surface area (Å²) in [7, 11) is 0. The lowest BCUT2D eigenvalue weighted by molar-refractivity contribution is -0.149. The summed E-state index contributed by atoms with van der Waals surface area (Å²) in [4.78, 5) is 24.3.